The van der Waals surface area contributed by atoms with Gasteiger partial charge in [-0.25, -0.2) is 8.42 Å². The van der Waals surface area contributed by atoms with Crippen LogP contribution in [0.25, 0.3) is 0 Å². The lowest BCUT2D eigenvalue weighted by atomic mass is 10.3. The average Bonchev–Trinajstić information content (AvgIpc) is 2.84. The zero-order valence-electron chi connectivity index (χ0n) is 9.56. The molecule has 19 heavy (non-hydrogen) atoms. The van der Waals surface area contributed by atoms with Gasteiger partial charge in [0.2, 0.25) is 0 Å². The van der Waals surface area contributed by atoms with Gasteiger partial charge in [-0.3, -0.25) is 4.72 Å². The molecule has 0 aliphatic heterocycles. The molecule has 3 N–H and O–H groups in total. The molecule has 0 spiro atoms. The summed E-state index contributed by atoms with van der Waals surface area (Å²) in [5.74, 6) is 0. The average molecular weight is 382 g/mol. The van der Waals surface area contributed by atoms with E-state index < -0.39 is 10.0 Å². The van der Waals surface area contributed by atoms with E-state index in [1.54, 1.807) is 29.6 Å². The number of hydrogen-bond donors (Lipinski definition) is 2. The van der Waals surface area contributed by atoms with Crippen molar-refractivity contribution in [1.29, 1.82) is 0 Å². The second kappa shape index (κ2) is 5.80. The van der Waals surface area contributed by atoms with Crippen LogP contribution in [0.3, 0.4) is 0 Å². The smallest absolute Gasteiger partial charge is 0.262 e. The Bertz CT molecular complexity index is 700. The van der Waals surface area contributed by atoms with E-state index in [0.29, 0.717) is 21.7 Å². The van der Waals surface area contributed by atoms with E-state index in [1.807, 2.05) is 0 Å². The van der Waals surface area contributed by atoms with Gasteiger partial charge in [0.15, 0.2) is 0 Å². The van der Waals surface area contributed by atoms with Crippen molar-refractivity contribution in [3.8, 4) is 0 Å². The summed E-state index contributed by atoms with van der Waals surface area (Å²) in [7, 11) is -3.63. The van der Waals surface area contributed by atoms with Crippen LogP contribution >= 0.6 is 38.9 Å². The maximum absolute atomic E-state index is 12.2. The summed E-state index contributed by atoms with van der Waals surface area (Å²) in [6, 6.07) is 6.53. The molecule has 0 bridgehead atoms. The number of nitrogens with one attached hydrogen (secondary N) is 1. The Morgan fingerprint density at radius 3 is 2.79 bits per heavy atom. The maximum atomic E-state index is 12.2. The quantitative estimate of drug-likeness (QED) is 0.852. The molecular formula is C11H10BrClN2O2S2. The van der Waals surface area contributed by atoms with Crippen LogP contribution in [0.15, 0.2) is 39.0 Å². The molecule has 1 aromatic heterocycles. The molecule has 0 saturated heterocycles. The fourth-order valence-electron chi connectivity index (χ4n) is 1.39. The van der Waals surface area contributed by atoms with Crippen LogP contribution in [0.2, 0.25) is 5.02 Å². The first-order chi connectivity index (χ1) is 8.94. The van der Waals surface area contributed by atoms with Gasteiger partial charge in [-0.15, -0.1) is 11.3 Å². The second-order valence-electron chi connectivity index (χ2n) is 3.66. The maximum Gasteiger partial charge on any atom is 0.262 e. The van der Waals surface area contributed by atoms with Crippen molar-refractivity contribution in [3.63, 3.8) is 0 Å². The molecule has 1 aromatic carbocycles. The Morgan fingerprint density at radius 1 is 1.42 bits per heavy atom. The van der Waals surface area contributed by atoms with Crippen LogP contribution in [0.4, 0.5) is 5.69 Å². The SMILES string of the molecule is NCc1cc(S(=O)(=O)Nc2cccc(Cl)c2Br)cs1. The number of thiophene rings is 1. The van der Waals surface area contributed by atoms with Crippen LogP contribution in [-0.4, -0.2) is 8.42 Å². The van der Waals surface area contributed by atoms with Crippen LogP contribution in [-0.2, 0) is 16.6 Å². The fourth-order valence-corrected chi connectivity index (χ4v) is 4.29. The predicted octanol–water partition coefficient (Wildman–Crippen LogP) is 3.42. The Hall–Kier alpha value is -0.600. The molecule has 0 saturated carbocycles. The summed E-state index contributed by atoms with van der Waals surface area (Å²) in [5, 5.41) is 2.00. The minimum Gasteiger partial charge on any atom is -0.326 e. The van der Waals surface area contributed by atoms with Gasteiger partial charge < -0.3 is 5.73 Å². The van der Waals surface area contributed by atoms with Gasteiger partial charge in [-0.05, 0) is 34.1 Å². The molecule has 0 amide bonds. The molecule has 102 valence electrons. The van der Waals surface area contributed by atoms with Crippen LogP contribution in [0, 0.1) is 0 Å². The first kappa shape index (κ1) is 14.8. The normalized spacial score (nSPS) is 11.5. The third-order valence-corrected chi connectivity index (χ3v) is 6.19. The summed E-state index contributed by atoms with van der Waals surface area (Å²) >= 11 is 10.5. The Labute approximate surface area is 128 Å². The van der Waals surface area contributed by atoms with Gasteiger partial charge in [0.1, 0.15) is 0 Å². The third kappa shape index (κ3) is 3.29. The molecule has 8 heteroatoms. The Morgan fingerprint density at radius 2 is 2.16 bits per heavy atom. The molecule has 1 heterocycles. The number of nitrogens with two attached hydrogens (primary N) is 1. The van der Waals surface area contributed by atoms with E-state index in [1.165, 1.54) is 11.3 Å². The van der Waals surface area contributed by atoms with Gasteiger partial charge in [0.25, 0.3) is 10.0 Å². The molecule has 2 rings (SSSR count). The standard InChI is InChI=1S/C11H10BrClN2O2S2/c12-11-9(13)2-1-3-10(11)15-19(16,17)8-4-7(5-14)18-6-8/h1-4,6,15H,5,14H2. The van der Waals surface area contributed by atoms with Crippen molar-refractivity contribution in [2.75, 3.05) is 4.72 Å². The highest BCUT2D eigenvalue weighted by Crippen LogP contribution is 2.32. The second-order valence-corrected chi connectivity index (χ2v) is 7.54. The number of hydrogen-bond acceptors (Lipinski definition) is 4. The number of rotatable bonds is 4. The summed E-state index contributed by atoms with van der Waals surface area (Å²) in [5.41, 5.74) is 5.87. The minimum atomic E-state index is -3.63. The zero-order chi connectivity index (χ0) is 14.0. The Balaban J connectivity index is 2.33. The lowest BCUT2D eigenvalue weighted by molar-refractivity contribution is 0.601. The van der Waals surface area contributed by atoms with Gasteiger partial charge in [-0.1, -0.05) is 17.7 Å². The molecule has 4 nitrogen and oxygen atoms in total. The van der Waals surface area contributed by atoms with Gasteiger partial charge in [0, 0.05) is 16.8 Å². The lowest BCUT2D eigenvalue weighted by Gasteiger charge is -2.09. The van der Waals surface area contributed by atoms with Crippen molar-refractivity contribution in [1.82, 2.24) is 0 Å². The van der Waals surface area contributed by atoms with Crippen LogP contribution in [0.5, 0.6) is 0 Å². The van der Waals surface area contributed by atoms with E-state index in [9.17, 15) is 8.42 Å². The van der Waals surface area contributed by atoms with Crippen LogP contribution < -0.4 is 10.5 Å². The van der Waals surface area contributed by atoms with E-state index >= 15 is 0 Å². The molecule has 0 unspecified atom stereocenters. The van der Waals surface area contributed by atoms with Gasteiger partial charge >= 0.3 is 0 Å². The topological polar surface area (TPSA) is 72.2 Å². The molecule has 0 radical (unpaired) electrons. The molecule has 0 fully saturated rings. The molecule has 0 aliphatic rings. The first-order valence-corrected chi connectivity index (χ1v) is 8.71. The largest absolute Gasteiger partial charge is 0.326 e. The number of benzene rings is 1. The molecular weight excluding hydrogens is 372 g/mol. The fraction of sp³-hybridized carbons (Fsp3) is 0.0909. The number of anilines is 1. The van der Waals surface area contributed by atoms with Crippen molar-refractivity contribution in [2.45, 2.75) is 11.4 Å². The number of sulfonamides is 1. The third-order valence-electron chi connectivity index (χ3n) is 2.34. The number of halogens is 2. The van der Waals surface area contributed by atoms with E-state index in [-0.39, 0.29) is 4.90 Å². The lowest BCUT2D eigenvalue weighted by Crippen LogP contribution is -2.12. The summed E-state index contributed by atoms with van der Waals surface area (Å²) in [6.07, 6.45) is 0. The van der Waals surface area contributed by atoms with Crippen molar-refractivity contribution in [2.24, 2.45) is 5.73 Å². The molecule has 0 atom stereocenters. The van der Waals surface area contributed by atoms with E-state index in [2.05, 4.69) is 20.7 Å². The summed E-state index contributed by atoms with van der Waals surface area (Å²) in [4.78, 5) is 1.01. The minimum absolute atomic E-state index is 0.199. The van der Waals surface area contributed by atoms with Gasteiger partial charge in [0.05, 0.1) is 20.1 Å². The monoisotopic (exact) mass is 380 g/mol. The predicted molar refractivity (Wildman–Crippen MR) is 82.2 cm³/mol. The first-order valence-electron chi connectivity index (χ1n) is 5.18. The van der Waals surface area contributed by atoms with E-state index in [4.69, 9.17) is 17.3 Å². The van der Waals surface area contributed by atoms with Crippen LogP contribution in [0.1, 0.15) is 4.88 Å². The highest BCUT2D eigenvalue weighted by atomic mass is 79.9. The molecule has 2 aromatic rings. The Kier molecular flexibility index (Phi) is 4.52. The zero-order valence-corrected chi connectivity index (χ0v) is 13.5. The summed E-state index contributed by atoms with van der Waals surface area (Å²) in [6.45, 7) is 0.320. The molecule has 0 aliphatic carbocycles. The van der Waals surface area contributed by atoms with Crippen molar-refractivity contribution >= 4 is 54.6 Å². The van der Waals surface area contributed by atoms with Crippen molar-refractivity contribution < 1.29 is 8.42 Å². The summed E-state index contributed by atoms with van der Waals surface area (Å²) < 4.78 is 27.4. The van der Waals surface area contributed by atoms with Crippen molar-refractivity contribution in [3.05, 3.63) is 44.0 Å². The highest BCUT2D eigenvalue weighted by Gasteiger charge is 2.18. The highest BCUT2D eigenvalue weighted by molar-refractivity contribution is 9.10. The van der Waals surface area contributed by atoms with E-state index in [0.717, 1.165) is 4.88 Å². The van der Waals surface area contributed by atoms with Gasteiger partial charge in [-0.2, -0.15) is 0 Å².